The predicted molar refractivity (Wildman–Crippen MR) is 61.3 cm³/mol. The SMILES string of the molecule is O=C(O)C(Br)COCCc1ccccc1. The Morgan fingerprint density at radius 1 is 1.40 bits per heavy atom. The number of alkyl halides is 1. The molecule has 82 valence electrons. The minimum absolute atomic E-state index is 0.197. The fraction of sp³-hybridized carbons (Fsp3) is 0.364. The Morgan fingerprint density at radius 3 is 2.67 bits per heavy atom. The first kappa shape index (κ1) is 12.2. The monoisotopic (exact) mass is 272 g/mol. The third-order valence-corrected chi connectivity index (χ3v) is 2.57. The van der Waals surface area contributed by atoms with E-state index in [-0.39, 0.29) is 6.61 Å². The first-order valence-electron chi connectivity index (χ1n) is 4.68. The van der Waals surface area contributed by atoms with Crippen LogP contribution in [0.4, 0.5) is 0 Å². The van der Waals surface area contributed by atoms with Crippen molar-refractivity contribution in [3.8, 4) is 0 Å². The van der Waals surface area contributed by atoms with Crippen molar-refractivity contribution in [1.29, 1.82) is 0 Å². The molecule has 1 aromatic carbocycles. The standard InChI is InChI=1S/C11H13BrO3/c12-10(11(13)14)8-15-7-6-9-4-2-1-3-5-9/h1-5,10H,6-8H2,(H,13,14). The summed E-state index contributed by atoms with van der Waals surface area (Å²) in [7, 11) is 0. The lowest BCUT2D eigenvalue weighted by molar-refractivity contribution is -0.137. The van der Waals surface area contributed by atoms with Crippen LogP contribution in [0.15, 0.2) is 30.3 Å². The van der Waals surface area contributed by atoms with Gasteiger partial charge in [0.2, 0.25) is 0 Å². The van der Waals surface area contributed by atoms with E-state index in [1.165, 1.54) is 5.56 Å². The van der Waals surface area contributed by atoms with Gasteiger partial charge in [-0.05, 0) is 12.0 Å². The fourth-order valence-corrected chi connectivity index (χ4v) is 1.28. The molecule has 0 fully saturated rings. The van der Waals surface area contributed by atoms with Crippen molar-refractivity contribution in [1.82, 2.24) is 0 Å². The largest absolute Gasteiger partial charge is 0.480 e. The zero-order valence-corrected chi connectivity index (χ0v) is 9.81. The van der Waals surface area contributed by atoms with Crippen LogP contribution in [-0.4, -0.2) is 29.1 Å². The molecule has 0 aliphatic carbocycles. The molecule has 1 atom stereocenters. The van der Waals surface area contributed by atoms with Gasteiger partial charge >= 0.3 is 5.97 Å². The van der Waals surface area contributed by atoms with Crippen LogP contribution in [-0.2, 0) is 16.0 Å². The highest BCUT2D eigenvalue weighted by Crippen LogP contribution is 2.02. The summed E-state index contributed by atoms with van der Waals surface area (Å²) in [5.74, 6) is -0.894. The topological polar surface area (TPSA) is 46.5 Å². The number of carboxylic acid groups (broad SMARTS) is 1. The van der Waals surface area contributed by atoms with Gasteiger partial charge in [0, 0.05) is 0 Å². The number of rotatable bonds is 6. The van der Waals surface area contributed by atoms with Crippen LogP contribution in [0.1, 0.15) is 5.56 Å². The third-order valence-electron chi connectivity index (χ3n) is 1.91. The van der Waals surface area contributed by atoms with Crippen molar-refractivity contribution in [2.45, 2.75) is 11.2 Å². The first-order valence-corrected chi connectivity index (χ1v) is 5.60. The average Bonchev–Trinajstić information content (AvgIpc) is 2.25. The Bertz CT molecular complexity index is 300. The second-order valence-corrected chi connectivity index (χ2v) is 4.22. The molecule has 1 N–H and O–H groups in total. The molecule has 3 nitrogen and oxygen atoms in total. The average molecular weight is 273 g/mol. The number of aliphatic carboxylic acids is 1. The van der Waals surface area contributed by atoms with Gasteiger partial charge in [0.05, 0.1) is 13.2 Å². The van der Waals surface area contributed by atoms with E-state index in [1.54, 1.807) is 0 Å². The molecule has 0 amide bonds. The molecule has 0 saturated carbocycles. The van der Waals surface area contributed by atoms with Crippen molar-refractivity contribution < 1.29 is 14.6 Å². The van der Waals surface area contributed by atoms with Crippen LogP contribution in [0.5, 0.6) is 0 Å². The van der Waals surface area contributed by atoms with Gasteiger partial charge in [-0.25, -0.2) is 0 Å². The van der Waals surface area contributed by atoms with Crippen molar-refractivity contribution in [3.63, 3.8) is 0 Å². The Hall–Kier alpha value is -0.870. The summed E-state index contributed by atoms with van der Waals surface area (Å²) in [5, 5.41) is 8.57. The molecule has 0 saturated heterocycles. The molecule has 15 heavy (non-hydrogen) atoms. The van der Waals surface area contributed by atoms with E-state index in [4.69, 9.17) is 9.84 Å². The maximum Gasteiger partial charge on any atom is 0.319 e. The number of benzene rings is 1. The van der Waals surface area contributed by atoms with Crippen molar-refractivity contribution >= 4 is 21.9 Å². The number of halogens is 1. The van der Waals surface area contributed by atoms with Gasteiger partial charge in [-0.15, -0.1) is 0 Å². The normalized spacial score (nSPS) is 12.3. The van der Waals surface area contributed by atoms with Crippen molar-refractivity contribution in [2.24, 2.45) is 0 Å². The second-order valence-electron chi connectivity index (χ2n) is 3.12. The van der Waals surface area contributed by atoms with Gasteiger partial charge in [-0.1, -0.05) is 46.3 Å². The molecule has 0 bridgehead atoms. The summed E-state index contributed by atoms with van der Waals surface area (Å²) in [4.78, 5) is 9.82. The first-order chi connectivity index (χ1) is 7.20. The van der Waals surface area contributed by atoms with Gasteiger partial charge in [0.1, 0.15) is 4.83 Å². The lowest BCUT2D eigenvalue weighted by Crippen LogP contribution is -2.19. The van der Waals surface area contributed by atoms with Crippen LogP contribution < -0.4 is 0 Å². The van der Waals surface area contributed by atoms with Gasteiger partial charge in [-0.3, -0.25) is 4.79 Å². The smallest absolute Gasteiger partial charge is 0.319 e. The van der Waals surface area contributed by atoms with E-state index in [9.17, 15) is 4.79 Å². The highest BCUT2D eigenvalue weighted by Gasteiger charge is 2.12. The number of hydrogen-bond donors (Lipinski definition) is 1. The molecule has 0 aromatic heterocycles. The summed E-state index contributed by atoms with van der Waals surface area (Å²) in [6, 6.07) is 9.95. The van der Waals surface area contributed by atoms with Gasteiger partial charge < -0.3 is 9.84 Å². The van der Waals surface area contributed by atoms with E-state index in [0.717, 1.165) is 6.42 Å². The Balaban J connectivity index is 2.15. The lowest BCUT2D eigenvalue weighted by atomic mass is 10.2. The summed E-state index contributed by atoms with van der Waals surface area (Å²) in [6.45, 7) is 0.738. The van der Waals surface area contributed by atoms with Crippen LogP contribution >= 0.6 is 15.9 Å². The highest BCUT2D eigenvalue weighted by atomic mass is 79.9. The summed E-state index contributed by atoms with van der Waals surface area (Å²) in [5.41, 5.74) is 1.19. The summed E-state index contributed by atoms with van der Waals surface area (Å²) < 4.78 is 5.23. The number of carbonyl (C=O) groups is 1. The van der Waals surface area contributed by atoms with Gasteiger partial charge in [-0.2, -0.15) is 0 Å². The molecule has 0 radical (unpaired) electrons. The van der Waals surface area contributed by atoms with Crippen LogP contribution in [0.3, 0.4) is 0 Å². The molecule has 1 unspecified atom stereocenters. The summed E-state index contributed by atoms with van der Waals surface area (Å²) in [6.07, 6.45) is 0.806. The molecule has 0 aliphatic rings. The molecule has 0 aliphatic heterocycles. The quantitative estimate of drug-likeness (QED) is 0.637. The minimum Gasteiger partial charge on any atom is -0.480 e. The van der Waals surface area contributed by atoms with Gasteiger partial charge in [0.25, 0.3) is 0 Å². The molecule has 1 rings (SSSR count). The van der Waals surface area contributed by atoms with E-state index in [2.05, 4.69) is 15.9 Å². The predicted octanol–water partition coefficient (Wildman–Crippen LogP) is 2.09. The van der Waals surface area contributed by atoms with E-state index in [1.807, 2.05) is 30.3 Å². The molecular formula is C11H13BrO3. The molecular weight excluding hydrogens is 260 g/mol. The zero-order chi connectivity index (χ0) is 11.1. The lowest BCUT2D eigenvalue weighted by Gasteiger charge is -2.06. The maximum absolute atomic E-state index is 10.4. The molecule has 1 aromatic rings. The number of carboxylic acids is 1. The maximum atomic E-state index is 10.4. The van der Waals surface area contributed by atoms with Crippen molar-refractivity contribution in [2.75, 3.05) is 13.2 Å². The van der Waals surface area contributed by atoms with Crippen LogP contribution in [0.2, 0.25) is 0 Å². The zero-order valence-electron chi connectivity index (χ0n) is 8.23. The summed E-state index contributed by atoms with van der Waals surface area (Å²) >= 11 is 3.00. The molecule has 0 heterocycles. The van der Waals surface area contributed by atoms with Crippen LogP contribution in [0, 0.1) is 0 Å². The Morgan fingerprint density at radius 2 is 2.07 bits per heavy atom. The number of hydrogen-bond acceptors (Lipinski definition) is 2. The number of ether oxygens (including phenoxy) is 1. The molecule has 0 spiro atoms. The van der Waals surface area contributed by atoms with Gasteiger partial charge in [0.15, 0.2) is 0 Å². The van der Waals surface area contributed by atoms with Crippen LogP contribution in [0.25, 0.3) is 0 Å². The highest BCUT2D eigenvalue weighted by molar-refractivity contribution is 9.10. The van der Waals surface area contributed by atoms with Crippen molar-refractivity contribution in [3.05, 3.63) is 35.9 Å². The van der Waals surface area contributed by atoms with E-state index in [0.29, 0.717) is 6.61 Å². The minimum atomic E-state index is -0.894. The Kier molecular flexibility index (Phi) is 5.36. The third kappa shape index (κ3) is 4.95. The molecule has 4 heteroatoms. The van der Waals surface area contributed by atoms with E-state index >= 15 is 0 Å². The fourth-order valence-electron chi connectivity index (χ4n) is 1.09. The Labute approximate surface area is 97.2 Å². The van der Waals surface area contributed by atoms with E-state index < -0.39 is 10.8 Å². The second kappa shape index (κ2) is 6.58.